The average molecular weight is 338 g/mol. The second kappa shape index (κ2) is 8.01. The van der Waals surface area contributed by atoms with Gasteiger partial charge in [-0.05, 0) is 4.43 Å². The molecule has 0 aliphatic heterocycles. The van der Waals surface area contributed by atoms with E-state index in [1.165, 1.54) is 4.43 Å². The molecule has 2 aromatic rings. The van der Waals surface area contributed by atoms with E-state index in [4.69, 9.17) is 0 Å². The average Bonchev–Trinajstić information content (AvgIpc) is 2.41. The summed E-state index contributed by atoms with van der Waals surface area (Å²) >= 11 is 2.29. The van der Waals surface area contributed by atoms with Crippen LogP contribution in [0.1, 0.15) is 22.8 Å². The molecule has 0 atom stereocenters. The highest BCUT2D eigenvalue weighted by Gasteiger charge is 2.06. The molecule has 17 heavy (non-hydrogen) atoms. The van der Waals surface area contributed by atoms with E-state index in [2.05, 4.69) is 29.5 Å². The summed E-state index contributed by atoms with van der Waals surface area (Å²) in [4.78, 5) is 11.8. The second-order valence-electron chi connectivity index (χ2n) is 3.33. The van der Waals surface area contributed by atoms with Gasteiger partial charge in [-0.15, -0.1) is 0 Å². The number of rotatable bonds is 2. The number of carbonyl (C=O) groups is 1. The number of benzene rings is 2. The molecule has 0 spiro atoms. The third-order valence-corrected chi connectivity index (χ3v) is 2.07. The van der Waals surface area contributed by atoms with Gasteiger partial charge in [-0.3, -0.25) is 4.79 Å². The fourth-order valence-corrected chi connectivity index (χ4v) is 1.35. The first-order valence-corrected chi connectivity index (χ1v) is 7.03. The Labute approximate surface area is 116 Å². The van der Waals surface area contributed by atoms with Crippen LogP contribution in [0.2, 0.25) is 0 Å². The Bertz CT molecular complexity index is 395. The Morgan fingerprint density at radius 1 is 0.882 bits per heavy atom. The first kappa shape index (κ1) is 13.9. The van der Waals surface area contributed by atoms with Gasteiger partial charge in [0.1, 0.15) is 0 Å². The summed E-state index contributed by atoms with van der Waals surface area (Å²) in [5.41, 5.74) is 1.47. The molecule has 0 radical (unpaired) electrons. The molecule has 0 N–H and O–H groups in total. The van der Waals surface area contributed by atoms with Gasteiger partial charge in [0.2, 0.25) is 0 Å². The Hall–Kier alpha value is -1.16. The molecule has 0 aliphatic carbocycles. The predicted octanol–water partition coefficient (Wildman–Crippen LogP) is 4.36. The highest BCUT2D eigenvalue weighted by Crippen LogP contribution is 2.08. The van der Waals surface area contributed by atoms with Gasteiger partial charge in [0.15, 0.2) is 5.78 Å². The Morgan fingerprint density at radius 3 is 1.47 bits per heavy atom. The van der Waals surface area contributed by atoms with Gasteiger partial charge in [0.05, 0.1) is 0 Å². The van der Waals surface area contributed by atoms with Crippen LogP contribution in [0.25, 0.3) is 0 Å². The van der Waals surface area contributed by atoms with Crippen molar-refractivity contribution in [2.24, 2.45) is 0 Å². The third-order valence-electron chi connectivity index (χ3n) is 2.07. The zero-order chi connectivity index (χ0) is 12.5. The van der Waals surface area contributed by atoms with Crippen molar-refractivity contribution in [2.45, 2.75) is 6.92 Å². The Kier molecular flexibility index (Phi) is 6.55. The maximum atomic E-state index is 11.8. The van der Waals surface area contributed by atoms with Crippen molar-refractivity contribution in [3.8, 4) is 0 Å². The van der Waals surface area contributed by atoms with Gasteiger partial charge >= 0.3 is 0 Å². The van der Waals surface area contributed by atoms with Crippen molar-refractivity contribution < 1.29 is 4.79 Å². The van der Waals surface area contributed by atoms with E-state index in [1.807, 2.05) is 60.7 Å². The molecule has 0 heterocycles. The number of ketones is 1. The number of halogens is 1. The summed E-state index contributed by atoms with van der Waals surface area (Å²) < 4.78 is 1.22. The molecule has 0 bridgehead atoms. The zero-order valence-electron chi connectivity index (χ0n) is 9.77. The van der Waals surface area contributed by atoms with E-state index in [-0.39, 0.29) is 5.78 Å². The van der Waals surface area contributed by atoms with Crippen molar-refractivity contribution in [3.05, 3.63) is 71.8 Å². The van der Waals surface area contributed by atoms with Crippen LogP contribution in [0.15, 0.2) is 60.7 Å². The highest BCUT2D eigenvalue weighted by atomic mass is 127. The van der Waals surface area contributed by atoms with Crippen LogP contribution in [-0.4, -0.2) is 10.2 Å². The molecule has 0 aliphatic rings. The maximum absolute atomic E-state index is 11.8. The molecule has 2 heteroatoms. The second-order valence-corrected chi connectivity index (χ2v) is 4.85. The quantitative estimate of drug-likeness (QED) is 0.452. The summed E-state index contributed by atoms with van der Waals surface area (Å²) in [6.45, 7) is 2.11. The SMILES string of the molecule is CCI.O=C(c1ccccc1)c1ccccc1. The summed E-state index contributed by atoms with van der Waals surface area (Å²) in [5.74, 6) is 0.0752. The monoisotopic (exact) mass is 338 g/mol. The maximum Gasteiger partial charge on any atom is 0.193 e. The number of hydrogen-bond acceptors (Lipinski definition) is 1. The first-order chi connectivity index (χ1) is 8.29. The molecular formula is C15H15IO. The van der Waals surface area contributed by atoms with E-state index in [0.717, 1.165) is 11.1 Å². The van der Waals surface area contributed by atoms with E-state index in [1.54, 1.807) is 0 Å². The van der Waals surface area contributed by atoms with Crippen molar-refractivity contribution in [1.82, 2.24) is 0 Å². The summed E-state index contributed by atoms with van der Waals surface area (Å²) in [6, 6.07) is 18.6. The largest absolute Gasteiger partial charge is 0.289 e. The van der Waals surface area contributed by atoms with Crippen LogP contribution < -0.4 is 0 Å². The molecule has 0 amide bonds. The smallest absolute Gasteiger partial charge is 0.193 e. The molecule has 0 fully saturated rings. The summed E-state index contributed by atoms with van der Waals surface area (Å²) in [6.07, 6.45) is 0. The van der Waals surface area contributed by atoms with Crippen LogP contribution in [0.3, 0.4) is 0 Å². The fourth-order valence-electron chi connectivity index (χ4n) is 1.35. The van der Waals surface area contributed by atoms with E-state index in [0.29, 0.717) is 0 Å². The van der Waals surface area contributed by atoms with Gasteiger partial charge < -0.3 is 0 Å². The van der Waals surface area contributed by atoms with Gasteiger partial charge in [0, 0.05) is 11.1 Å². The van der Waals surface area contributed by atoms with E-state index < -0.39 is 0 Å². The fraction of sp³-hybridized carbons (Fsp3) is 0.133. The predicted molar refractivity (Wildman–Crippen MR) is 80.9 cm³/mol. The molecule has 0 unspecified atom stereocenters. The summed E-state index contributed by atoms with van der Waals surface area (Å²) in [5, 5.41) is 0. The minimum absolute atomic E-state index is 0.0752. The minimum Gasteiger partial charge on any atom is -0.289 e. The first-order valence-electron chi connectivity index (χ1n) is 5.50. The Balaban J connectivity index is 0.000000437. The molecule has 0 saturated carbocycles. The highest BCUT2D eigenvalue weighted by molar-refractivity contribution is 14.1. The lowest BCUT2D eigenvalue weighted by Crippen LogP contribution is -1.99. The molecule has 88 valence electrons. The molecule has 0 saturated heterocycles. The van der Waals surface area contributed by atoms with E-state index in [9.17, 15) is 4.79 Å². The van der Waals surface area contributed by atoms with Crippen molar-refractivity contribution in [3.63, 3.8) is 0 Å². The molecule has 0 aromatic heterocycles. The Morgan fingerprint density at radius 2 is 1.18 bits per heavy atom. The lowest BCUT2D eigenvalue weighted by Gasteiger charge is -1.99. The molecule has 2 rings (SSSR count). The van der Waals surface area contributed by atoms with Gasteiger partial charge in [-0.2, -0.15) is 0 Å². The van der Waals surface area contributed by atoms with Crippen LogP contribution in [-0.2, 0) is 0 Å². The summed E-state index contributed by atoms with van der Waals surface area (Å²) in [7, 11) is 0. The van der Waals surface area contributed by atoms with Crippen LogP contribution in [0.5, 0.6) is 0 Å². The normalized spacial score (nSPS) is 9.06. The van der Waals surface area contributed by atoms with Crippen LogP contribution >= 0.6 is 22.6 Å². The van der Waals surface area contributed by atoms with Gasteiger partial charge in [-0.1, -0.05) is 90.2 Å². The number of carbonyl (C=O) groups excluding carboxylic acids is 1. The van der Waals surface area contributed by atoms with Gasteiger partial charge in [0.25, 0.3) is 0 Å². The lowest BCUT2D eigenvalue weighted by atomic mass is 10.0. The topological polar surface area (TPSA) is 17.1 Å². The third kappa shape index (κ3) is 4.69. The van der Waals surface area contributed by atoms with Crippen LogP contribution in [0, 0.1) is 0 Å². The zero-order valence-corrected chi connectivity index (χ0v) is 11.9. The number of alkyl halides is 1. The van der Waals surface area contributed by atoms with Gasteiger partial charge in [-0.25, -0.2) is 0 Å². The molecule has 1 nitrogen and oxygen atoms in total. The molecule has 2 aromatic carbocycles. The van der Waals surface area contributed by atoms with E-state index >= 15 is 0 Å². The van der Waals surface area contributed by atoms with Crippen molar-refractivity contribution in [2.75, 3.05) is 4.43 Å². The number of hydrogen-bond donors (Lipinski definition) is 0. The van der Waals surface area contributed by atoms with Crippen molar-refractivity contribution >= 4 is 28.4 Å². The van der Waals surface area contributed by atoms with Crippen molar-refractivity contribution in [1.29, 1.82) is 0 Å². The standard InChI is InChI=1S/C13H10O.C2H5I/c14-13(11-7-3-1-4-8-11)12-9-5-2-6-10-12;1-2-3/h1-10H;2H2,1H3. The molecular weight excluding hydrogens is 323 g/mol. The lowest BCUT2D eigenvalue weighted by molar-refractivity contribution is 0.103. The minimum atomic E-state index is 0.0752. The van der Waals surface area contributed by atoms with Crippen LogP contribution in [0.4, 0.5) is 0 Å².